The summed E-state index contributed by atoms with van der Waals surface area (Å²) in [5, 5.41) is 0. The third kappa shape index (κ3) is 7.66. The van der Waals surface area contributed by atoms with Gasteiger partial charge < -0.3 is 13.8 Å². The molecule has 1 radical (unpaired) electrons. The minimum atomic E-state index is 0. The Labute approximate surface area is 146 Å². The second-order valence-corrected chi connectivity index (χ2v) is 6.50. The molecule has 111 valence electrons. The number of rotatable bonds is 2. The standard InChI is InChI=1S/2C10H13.Nb/c2*1-10(2,3)9-7-5-4-6-8-9;/h2*4-8H,1H2,2-3H3;/q2*-1;+2. The Bertz CT molecular complexity index is 437. The molecule has 1 heteroatoms. The van der Waals surface area contributed by atoms with Crippen molar-refractivity contribution in [3.8, 4) is 0 Å². The van der Waals surface area contributed by atoms with E-state index in [1.54, 1.807) is 0 Å². The SMILES string of the molecule is [CH2-]C(C)(C)c1ccccc1.[CH2-]C(C)(C)c1ccccc1.[Nb+2]. The van der Waals surface area contributed by atoms with Gasteiger partial charge in [-0.15, -0.1) is 10.8 Å². The first kappa shape index (κ1) is 20.2. The summed E-state index contributed by atoms with van der Waals surface area (Å²) in [5.41, 5.74) is 2.66. The predicted octanol–water partition coefficient (Wildman–Crippen LogP) is 5.59. The Morgan fingerprint density at radius 2 is 0.810 bits per heavy atom. The molecule has 0 atom stereocenters. The molecule has 0 N–H and O–H groups in total. The zero-order valence-corrected chi connectivity index (χ0v) is 15.8. The molecule has 2 rings (SSSR count). The number of benzene rings is 2. The molecular weight excluding hydrogens is 333 g/mol. The van der Waals surface area contributed by atoms with Crippen LogP contribution in [0.1, 0.15) is 38.8 Å². The maximum absolute atomic E-state index is 4.04. The molecule has 0 nitrogen and oxygen atoms in total. The maximum Gasteiger partial charge on any atom is 2.00 e. The molecule has 0 bridgehead atoms. The zero-order chi connectivity index (χ0) is 15.2. The van der Waals surface area contributed by atoms with Crippen molar-refractivity contribution in [3.05, 3.63) is 85.6 Å². The van der Waals surface area contributed by atoms with Crippen molar-refractivity contribution in [3.63, 3.8) is 0 Å². The molecule has 0 aliphatic rings. The van der Waals surface area contributed by atoms with Crippen LogP contribution >= 0.6 is 0 Å². The van der Waals surface area contributed by atoms with Crippen LogP contribution < -0.4 is 0 Å². The van der Waals surface area contributed by atoms with Crippen LogP contribution in [0.15, 0.2) is 60.7 Å². The molecule has 2 aromatic rings. The van der Waals surface area contributed by atoms with Crippen molar-refractivity contribution in [1.82, 2.24) is 0 Å². The fourth-order valence-electron chi connectivity index (χ4n) is 1.78. The van der Waals surface area contributed by atoms with Crippen LogP contribution in [0.5, 0.6) is 0 Å². The first-order chi connectivity index (χ1) is 9.21. The average molecular weight is 359 g/mol. The van der Waals surface area contributed by atoms with Gasteiger partial charge in [-0.3, -0.25) is 0 Å². The fraction of sp³-hybridized carbons (Fsp3) is 0.300. The van der Waals surface area contributed by atoms with Crippen molar-refractivity contribution in [1.29, 1.82) is 0 Å². The van der Waals surface area contributed by atoms with E-state index in [0.29, 0.717) is 0 Å². The molecule has 2 aromatic carbocycles. The number of hydrogen-bond acceptors (Lipinski definition) is 0. The quantitative estimate of drug-likeness (QED) is 0.484. The minimum Gasteiger partial charge on any atom is -0.333 e. The smallest absolute Gasteiger partial charge is 0.333 e. The summed E-state index contributed by atoms with van der Waals surface area (Å²) in [7, 11) is 0. The molecule has 0 heterocycles. The van der Waals surface area contributed by atoms with Gasteiger partial charge >= 0.3 is 22.4 Å². The Morgan fingerprint density at radius 1 is 0.571 bits per heavy atom. The van der Waals surface area contributed by atoms with Crippen LogP contribution in [0.2, 0.25) is 0 Å². The largest absolute Gasteiger partial charge is 2.00 e. The first-order valence-electron chi connectivity index (χ1n) is 7.03. The molecule has 21 heavy (non-hydrogen) atoms. The van der Waals surface area contributed by atoms with Gasteiger partial charge in [-0.1, -0.05) is 99.5 Å². The van der Waals surface area contributed by atoms with Gasteiger partial charge in [-0.2, -0.15) is 0 Å². The molecule has 0 saturated heterocycles. The molecule has 0 aromatic heterocycles. The Hall–Kier alpha value is -0.820. The van der Waals surface area contributed by atoms with Crippen molar-refractivity contribution >= 4 is 0 Å². The third-order valence-corrected chi connectivity index (χ3v) is 3.11. The Morgan fingerprint density at radius 3 is 0.952 bits per heavy atom. The van der Waals surface area contributed by atoms with Gasteiger partial charge in [0.05, 0.1) is 0 Å². The summed E-state index contributed by atoms with van der Waals surface area (Å²) in [6.07, 6.45) is 0. The summed E-state index contributed by atoms with van der Waals surface area (Å²) in [4.78, 5) is 0. The molecule has 0 saturated carbocycles. The minimum absolute atomic E-state index is 0. The van der Waals surface area contributed by atoms with E-state index >= 15 is 0 Å². The second kappa shape index (κ2) is 8.58. The van der Waals surface area contributed by atoms with E-state index < -0.39 is 0 Å². The monoisotopic (exact) mass is 359 g/mol. The van der Waals surface area contributed by atoms with E-state index in [4.69, 9.17) is 0 Å². The Balaban J connectivity index is 0.000000364. The predicted molar refractivity (Wildman–Crippen MR) is 89.7 cm³/mol. The molecule has 0 unspecified atom stereocenters. The van der Waals surface area contributed by atoms with Gasteiger partial charge in [0, 0.05) is 0 Å². The third-order valence-electron chi connectivity index (χ3n) is 3.11. The van der Waals surface area contributed by atoms with E-state index in [1.807, 2.05) is 36.4 Å². The topological polar surface area (TPSA) is 0 Å². The maximum atomic E-state index is 4.04. The molecule has 0 aliphatic carbocycles. The van der Waals surface area contributed by atoms with Crippen molar-refractivity contribution in [2.45, 2.75) is 38.5 Å². The van der Waals surface area contributed by atoms with Gasteiger partial charge in [0.1, 0.15) is 0 Å². The van der Waals surface area contributed by atoms with Gasteiger partial charge in [-0.25, -0.2) is 0 Å². The summed E-state index contributed by atoms with van der Waals surface area (Å²) in [6.45, 7) is 16.5. The van der Waals surface area contributed by atoms with E-state index in [-0.39, 0.29) is 33.2 Å². The summed E-state index contributed by atoms with van der Waals surface area (Å²) in [6, 6.07) is 20.6. The molecule has 0 spiro atoms. The fourth-order valence-corrected chi connectivity index (χ4v) is 1.78. The van der Waals surface area contributed by atoms with Crippen LogP contribution in [0, 0.1) is 13.8 Å². The Kier molecular flexibility index (Phi) is 8.25. The van der Waals surface area contributed by atoms with Gasteiger partial charge in [-0.05, 0) is 0 Å². The van der Waals surface area contributed by atoms with Crippen molar-refractivity contribution in [2.75, 3.05) is 0 Å². The van der Waals surface area contributed by atoms with E-state index in [1.165, 1.54) is 11.1 Å². The first-order valence-corrected chi connectivity index (χ1v) is 7.03. The van der Waals surface area contributed by atoms with E-state index in [0.717, 1.165) is 0 Å². The summed E-state index contributed by atoms with van der Waals surface area (Å²) < 4.78 is 0. The van der Waals surface area contributed by atoms with Crippen LogP contribution in [0.3, 0.4) is 0 Å². The van der Waals surface area contributed by atoms with E-state index in [9.17, 15) is 0 Å². The molecule has 0 aliphatic heterocycles. The second-order valence-electron chi connectivity index (χ2n) is 6.50. The molecule has 0 amide bonds. The van der Waals surface area contributed by atoms with Crippen LogP contribution in [0.4, 0.5) is 0 Å². The van der Waals surface area contributed by atoms with Crippen LogP contribution in [-0.4, -0.2) is 0 Å². The van der Waals surface area contributed by atoms with Gasteiger partial charge in [0.15, 0.2) is 0 Å². The van der Waals surface area contributed by atoms with Gasteiger partial charge in [0.2, 0.25) is 0 Å². The normalized spacial score (nSPS) is 11.0. The number of hydrogen-bond donors (Lipinski definition) is 0. The van der Waals surface area contributed by atoms with Gasteiger partial charge in [0.25, 0.3) is 0 Å². The van der Waals surface area contributed by atoms with Crippen LogP contribution in [0.25, 0.3) is 0 Å². The van der Waals surface area contributed by atoms with Crippen molar-refractivity contribution < 1.29 is 22.4 Å². The summed E-state index contributed by atoms with van der Waals surface area (Å²) >= 11 is 0. The average Bonchev–Trinajstić information content (AvgIpc) is 2.40. The zero-order valence-electron chi connectivity index (χ0n) is 13.6. The molecule has 0 fully saturated rings. The van der Waals surface area contributed by atoms with E-state index in [2.05, 4.69) is 65.8 Å². The molecular formula is C20H26Nb. The summed E-state index contributed by atoms with van der Waals surface area (Å²) in [5.74, 6) is 0. The van der Waals surface area contributed by atoms with Crippen LogP contribution in [-0.2, 0) is 33.2 Å². The van der Waals surface area contributed by atoms with Crippen molar-refractivity contribution in [2.24, 2.45) is 0 Å².